The first-order valence-corrected chi connectivity index (χ1v) is 13.6. The standard InChI is InChI=1S/C28H27BrN4O2.C2HF3O2/c29-24-10-7-22(8-11-24)13-16-30-15-4-18-33-27(28(34)35)20-26(32-33)23-14-17-31-25(19-23)12-9-21-5-2-1-3-6-21;3-2(4,5)1(6)7/h1-3,5-12,14,17,19-20,30H,4,13,15-16,18H2,(H,34,35);(H,6,7). The van der Waals surface area contributed by atoms with Crippen molar-refractivity contribution in [3.05, 3.63) is 106 Å². The number of benzene rings is 2. The van der Waals surface area contributed by atoms with Gasteiger partial charge in [0.05, 0.1) is 11.4 Å². The van der Waals surface area contributed by atoms with Crippen LogP contribution in [-0.4, -0.2) is 56.2 Å². The van der Waals surface area contributed by atoms with Crippen LogP contribution in [0.1, 0.15) is 33.7 Å². The molecule has 0 atom stereocenters. The van der Waals surface area contributed by atoms with Gasteiger partial charge in [0.1, 0.15) is 5.69 Å². The average molecular weight is 645 g/mol. The number of nitrogens with zero attached hydrogens (tertiary/aromatic N) is 3. The molecule has 0 bridgehead atoms. The summed E-state index contributed by atoms with van der Waals surface area (Å²) in [7, 11) is 0. The van der Waals surface area contributed by atoms with Crippen LogP contribution in [0.5, 0.6) is 0 Å². The van der Waals surface area contributed by atoms with E-state index in [4.69, 9.17) is 9.90 Å². The van der Waals surface area contributed by atoms with Crippen LogP contribution < -0.4 is 5.32 Å². The second-order valence-corrected chi connectivity index (χ2v) is 9.86. The van der Waals surface area contributed by atoms with Gasteiger partial charge in [-0.15, -0.1) is 0 Å². The fourth-order valence-electron chi connectivity index (χ4n) is 3.71. The van der Waals surface area contributed by atoms with Gasteiger partial charge in [-0.2, -0.15) is 18.3 Å². The van der Waals surface area contributed by atoms with Crippen molar-refractivity contribution in [1.82, 2.24) is 20.1 Å². The number of nitrogens with one attached hydrogen (secondary N) is 1. The number of hydrogen-bond donors (Lipinski definition) is 3. The molecule has 0 aliphatic heterocycles. The Morgan fingerprint density at radius 3 is 2.29 bits per heavy atom. The Bertz CT molecular complexity index is 1490. The molecule has 2 heterocycles. The molecule has 8 nitrogen and oxygen atoms in total. The highest BCUT2D eigenvalue weighted by Crippen LogP contribution is 2.21. The molecule has 4 rings (SSSR count). The topological polar surface area (TPSA) is 117 Å². The van der Waals surface area contributed by atoms with Gasteiger partial charge >= 0.3 is 18.1 Å². The van der Waals surface area contributed by atoms with Crippen LogP contribution in [0, 0.1) is 0 Å². The Kier molecular flexibility index (Phi) is 12.0. The van der Waals surface area contributed by atoms with Crippen molar-refractivity contribution < 1.29 is 33.0 Å². The third-order valence-electron chi connectivity index (χ3n) is 5.79. The highest BCUT2D eigenvalue weighted by Gasteiger charge is 2.38. The Hall–Kier alpha value is -4.29. The first-order valence-electron chi connectivity index (χ1n) is 12.8. The molecule has 0 spiro atoms. The highest BCUT2D eigenvalue weighted by atomic mass is 79.9. The fourth-order valence-corrected chi connectivity index (χ4v) is 3.97. The molecular formula is C30H28BrF3N4O4. The van der Waals surface area contributed by atoms with Gasteiger partial charge in [-0.25, -0.2) is 9.59 Å². The summed E-state index contributed by atoms with van der Waals surface area (Å²) >= 11 is 3.45. The van der Waals surface area contributed by atoms with Gasteiger partial charge < -0.3 is 15.5 Å². The molecule has 2 aromatic carbocycles. The first-order chi connectivity index (χ1) is 20.0. The number of carboxylic acids is 2. The number of aryl methyl sites for hydroxylation is 1. The SMILES string of the molecule is O=C(O)C(F)(F)F.O=C(O)c1cc(-c2ccnc(C=Cc3ccccc3)c2)nn1CCCNCCc1ccc(Br)cc1. The second-order valence-electron chi connectivity index (χ2n) is 8.94. The van der Waals surface area contributed by atoms with Gasteiger partial charge in [-0.1, -0.05) is 64.5 Å². The Morgan fingerprint density at radius 1 is 0.952 bits per heavy atom. The van der Waals surface area contributed by atoms with E-state index >= 15 is 0 Å². The molecule has 3 N–H and O–H groups in total. The number of rotatable bonds is 11. The van der Waals surface area contributed by atoms with E-state index in [0.29, 0.717) is 12.2 Å². The van der Waals surface area contributed by atoms with Gasteiger partial charge in [-0.05, 0) is 73.5 Å². The number of aromatic carboxylic acids is 1. The molecule has 0 radical (unpaired) electrons. The molecule has 2 aromatic heterocycles. The Balaban J connectivity index is 0.000000616. The maximum Gasteiger partial charge on any atom is 0.490 e. The van der Waals surface area contributed by atoms with Crippen LogP contribution in [-0.2, 0) is 17.8 Å². The smallest absolute Gasteiger partial charge is 0.477 e. The second kappa shape index (κ2) is 15.6. The number of halogens is 4. The molecule has 0 saturated heterocycles. The molecule has 220 valence electrons. The molecule has 0 unspecified atom stereocenters. The predicted octanol–water partition coefficient (Wildman–Crippen LogP) is 6.43. The van der Waals surface area contributed by atoms with Crippen LogP contribution in [0.15, 0.2) is 83.5 Å². The molecule has 0 saturated carbocycles. The van der Waals surface area contributed by atoms with Gasteiger partial charge in [0.2, 0.25) is 0 Å². The zero-order valence-electron chi connectivity index (χ0n) is 22.3. The molecule has 4 aromatic rings. The largest absolute Gasteiger partial charge is 0.490 e. The van der Waals surface area contributed by atoms with Crippen LogP contribution >= 0.6 is 15.9 Å². The average Bonchev–Trinajstić information content (AvgIpc) is 3.40. The van der Waals surface area contributed by atoms with Gasteiger partial charge in [0.25, 0.3) is 0 Å². The molecule has 42 heavy (non-hydrogen) atoms. The lowest BCUT2D eigenvalue weighted by molar-refractivity contribution is -0.192. The van der Waals surface area contributed by atoms with Crippen molar-refractivity contribution >= 4 is 40.0 Å². The van der Waals surface area contributed by atoms with E-state index in [0.717, 1.165) is 47.2 Å². The lowest BCUT2D eigenvalue weighted by Gasteiger charge is -2.07. The van der Waals surface area contributed by atoms with E-state index < -0.39 is 18.1 Å². The van der Waals surface area contributed by atoms with Crippen molar-refractivity contribution in [2.45, 2.75) is 25.6 Å². The number of hydrogen-bond acceptors (Lipinski definition) is 5. The van der Waals surface area contributed by atoms with E-state index in [2.05, 4.69) is 43.5 Å². The van der Waals surface area contributed by atoms with Gasteiger partial charge in [0, 0.05) is 22.8 Å². The van der Waals surface area contributed by atoms with Crippen molar-refractivity contribution in [2.75, 3.05) is 13.1 Å². The summed E-state index contributed by atoms with van der Waals surface area (Å²) in [5.41, 5.74) is 4.80. The number of pyridine rings is 1. The summed E-state index contributed by atoms with van der Waals surface area (Å²) in [4.78, 5) is 25.1. The van der Waals surface area contributed by atoms with Crippen LogP contribution in [0.25, 0.3) is 23.4 Å². The summed E-state index contributed by atoms with van der Waals surface area (Å²) in [6, 6.07) is 23.7. The minimum atomic E-state index is -5.08. The van der Waals surface area contributed by atoms with E-state index in [1.807, 2.05) is 66.7 Å². The third kappa shape index (κ3) is 10.6. The summed E-state index contributed by atoms with van der Waals surface area (Å²) in [5, 5.41) is 24.8. The number of alkyl halides is 3. The van der Waals surface area contributed by atoms with E-state index in [-0.39, 0.29) is 5.69 Å². The molecule has 12 heteroatoms. The van der Waals surface area contributed by atoms with Crippen molar-refractivity contribution in [3.8, 4) is 11.3 Å². The summed E-state index contributed by atoms with van der Waals surface area (Å²) in [6.07, 6.45) is 2.30. The maximum atomic E-state index is 11.8. The van der Waals surface area contributed by atoms with Crippen LogP contribution in [0.3, 0.4) is 0 Å². The normalized spacial score (nSPS) is 11.2. The quantitative estimate of drug-likeness (QED) is 0.161. The van der Waals surface area contributed by atoms with E-state index in [1.54, 1.807) is 16.9 Å². The maximum absolute atomic E-state index is 11.8. The number of aliphatic carboxylic acids is 1. The molecule has 0 aliphatic rings. The molecule has 0 aliphatic carbocycles. The lowest BCUT2D eigenvalue weighted by atomic mass is 10.1. The van der Waals surface area contributed by atoms with Crippen LogP contribution in [0.4, 0.5) is 13.2 Å². The predicted molar refractivity (Wildman–Crippen MR) is 157 cm³/mol. The highest BCUT2D eigenvalue weighted by molar-refractivity contribution is 9.10. The number of carbonyl (C=O) groups is 2. The molecule has 0 amide bonds. The number of aromatic nitrogens is 3. The van der Waals surface area contributed by atoms with E-state index in [9.17, 15) is 23.1 Å². The minimum Gasteiger partial charge on any atom is -0.477 e. The summed E-state index contributed by atoms with van der Waals surface area (Å²) < 4.78 is 34.4. The van der Waals surface area contributed by atoms with Crippen LogP contribution in [0.2, 0.25) is 0 Å². The zero-order valence-corrected chi connectivity index (χ0v) is 23.8. The lowest BCUT2D eigenvalue weighted by Crippen LogP contribution is -2.21. The molecule has 0 fully saturated rings. The van der Waals surface area contributed by atoms with E-state index in [1.165, 1.54) is 5.56 Å². The Morgan fingerprint density at radius 2 is 1.64 bits per heavy atom. The van der Waals surface area contributed by atoms with Crippen molar-refractivity contribution in [2.24, 2.45) is 0 Å². The van der Waals surface area contributed by atoms with Gasteiger partial charge in [-0.3, -0.25) is 9.67 Å². The van der Waals surface area contributed by atoms with Crippen molar-refractivity contribution in [3.63, 3.8) is 0 Å². The Labute approximate surface area is 248 Å². The third-order valence-corrected chi connectivity index (χ3v) is 6.32. The minimum absolute atomic E-state index is 0.188. The first kappa shape index (κ1) is 32.2. The van der Waals surface area contributed by atoms with Crippen molar-refractivity contribution in [1.29, 1.82) is 0 Å². The number of carboxylic acid groups (broad SMARTS) is 2. The fraction of sp³-hybridized carbons (Fsp3) is 0.200. The van der Waals surface area contributed by atoms with Gasteiger partial charge in [0.15, 0.2) is 0 Å². The molecular weight excluding hydrogens is 617 g/mol. The monoisotopic (exact) mass is 644 g/mol. The summed E-state index contributed by atoms with van der Waals surface area (Å²) in [5.74, 6) is -3.74. The summed E-state index contributed by atoms with van der Waals surface area (Å²) in [6.45, 7) is 2.18. The zero-order chi connectivity index (χ0) is 30.5.